The van der Waals surface area contributed by atoms with E-state index in [4.69, 9.17) is 9.47 Å². The summed E-state index contributed by atoms with van der Waals surface area (Å²) in [5.41, 5.74) is 2.01. The number of benzene rings is 1. The number of halogens is 1. The van der Waals surface area contributed by atoms with Gasteiger partial charge in [0.2, 0.25) is 0 Å². The van der Waals surface area contributed by atoms with E-state index in [1.165, 1.54) is 0 Å². The molecule has 5 heteroatoms. The van der Waals surface area contributed by atoms with Gasteiger partial charge in [0.1, 0.15) is 12.4 Å². The van der Waals surface area contributed by atoms with Crippen LogP contribution in [0.5, 0.6) is 5.75 Å². The highest BCUT2D eigenvalue weighted by molar-refractivity contribution is 5.85. The average molecular weight is 286 g/mol. The van der Waals surface area contributed by atoms with E-state index in [0.29, 0.717) is 6.61 Å². The molecule has 0 saturated carbocycles. The van der Waals surface area contributed by atoms with Crippen molar-refractivity contribution in [3.8, 4) is 5.75 Å². The van der Waals surface area contributed by atoms with Gasteiger partial charge in [-0.05, 0) is 24.1 Å². The summed E-state index contributed by atoms with van der Waals surface area (Å²) in [6, 6.07) is 5.94. The van der Waals surface area contributed by atoms with Gasteiger partial charge in [0.15, 0.2) is 0 Å². The summed E-state index contributed by atoms with van der Waals surface area (Å²) in [5.74, 6) is 0.856. The Balaban J connectivity index is 0.00000180. The summed E-state index contributed by atoms with van der Waals surface area (Å²) in [6.07, 6.45) is -0.354. The molecule has 1 heterocycles. The van der Waals surface area contributed by atoms with Crippen LogP contribution in [0.3, 0.4) is 0 Å². The van der Waals surface area contributed by atoms with Gasteiger partial charge in [-0.15, -0.1) is 12.4 Å². The van der Waals surface area contributed by atoms with Crippen molar-refractivity contribution < 1.29 is 14.3 Å². The molecular formula is C14H20ClNO3. The number of ether oxygens (including phenoxy) is 2. The number of carbonyl (C=O) groups is 1. The number of carbonyl (C=O) groups excluding carboxylic acids is 1. The van der Waals surface area contributed by atoms with Gasteiger partial charge in [0.05, 0.1) is 13.2 Å². The van der Waals surface area contributed by atoms with Crippen LogP contribution < -0.4 is 10.1 Å². The van der Waals surface area contributed by atoms with Crippen molar-refractivity contribution in [3.05, 3.63) is 29.3 Å². The topological polar surface area (TPSA) is 47.6 Å². The zero-order valence-corrected chi connectivity index (χ0v) is 12.5. The second-order valence-electron chi connectivity index (χ2n) is 5.37. The molecule has 0 aromatic heterocycles. The van der Waals surface area contributed by atoms with E-state index in [2.05, 4.69) is 25.2 Å². The van der Waals surface area contributed by atoms with Gasteiger partial charge >= 0.3 is 6.09 Å². The minimum atomic E-state index is -0.354. The van der Waals surface area contributed by atoms with Crippen molar-refractivity contribution in [3.63, 3.8) is 0 Å². The van der Waals surface area contributed by atoms with Crippen LogP contribution in [0.25, 0.3) is 0 Å². The predicted molar refractivity (Wildman–Crippen MR) is 76.0 cm³/mol. The molecule has 1 saturated heterocycles. The molecule has 1 aliphatic heterocycles. The summed E-state index contributed by atoms with van der Waals surface area (Å²) in [6.45, 7) is 6.58. The van der Waals surface area contributed by atoms with Crippen LogP contribution in [0, 0.1) is 12.3 Å². The summed E-state index contributed by atoms with van der Waals surface area (Å²) in [7, 11) is 1.65. The van der Waals surface area contributed by atoms with E-state index >= 15 is 0 Å². The summed E-state index contributed by atoms with van der Waals surface area (Å²) >= 11 is 0. The Hall–Kier alpha value is -1.42. The minimum absolute atomic E-state index is 0. The number of amides is 1. The van der Waals surface area contributed by atoms with Gasteiger partial charge in [-0.3, -0.25) is 0 Å². The maximum absolute atomic E-state index is 11.4. The first kappa shape index (κ1) is 15.6. The molecule has 1 N–H and O–H groups in total. The number of hydrogen-bond donors (Lipinski definition) is 1. The normalized spacial score (nSPS) is 20.8. The summed E-state index contributed by atoms with van der Waals surface area (Å²) in [5, 5.41) is 2.89. The lowest BCUT2D eigenvalue weighted by molar-refractivity contribution is 0.0387. The van der Waals surface area contributed by atoms with Crippen LogP contribution >= 0.6 is 12.4 Å². The fourth-order valence-corrected chi connectivity index (χ4v) is 2.31. The third-order valence-electron chi connectivity index (χ3n) is 3.37. The van der Waals surface area contributed by atoms with Gasteiger partial charge in [-0.25, -0.2) is 4.79 Å². The molecule has 0 bridgehead atoms. The van der Waals surface area contributed by atoms with Gasteiger partial charge < -0.3 is 14.8 Å². The van der Waals surface area contributed by atoms with E-state index in [-0.39, 0.29) is 30.0 Å². The Morgan fingerprint density at radius 1 is 1.42 bits per heavy atom. The first-order valence-electron chi connectivity index (χ1n) is 6.02. The third kappa shape index (κ3) is 3.13. The maximum atomic E-state index is 11.4. The van der Waals surface area contributed by atoms with Crippen LogP contribution in [0.2, 0.25) is 0 Å². The second kappa shape index (κ2) is 5.70. The van der Waals surface area contributed by atoms with Crippen molar-refractivity contribution in [1.82, 2.24) is 5.32 Å². The minimum Gasteiger partial charge on any atom is -0.496 e. The Morgan fingerprint density at radius 2 is 2.11 bits per heavy atom. The zero-order valence-electron chi connectivity index (χ0n) is 11.6. The standard InChI is InChI=1S/C14H19NO3.ClH/c1-9-7-10(5-6-11(9)17-4)12-14(2,3)8-18-13(16)15-12;/h5-7,12H,8H2,1-4H3,(H,15,16);1H/t12-;/m0./s1. The molecule has 0 radical (unpaired) electrons. The lowest BCUT2D eigenvalue weighted by atomic mass is 9.80. The Labute approximate surface area is 119 Å². The van der Waals surface area contributed by atoms with E-state index < -0.39 is 0 Å². The van der Waals surface area contributed by atoms with Crippen molar-refractivity contribution in [2.75, 3.05) is 13.7 Å². The fraction of sp³-hybridized carbons (Fsp3) is 0.500. The van der Waals surface area contributed by atoms with E-state index in [9.17, 15) is 4.79 Å². The highest BCUT2D eigenvalue weighted by Crippen LogP contribution is 2.37. The number of rotatable bonds is 2. The van der Waals surface area contributed by atoms with Crippen molar-refractivity contribution >= 4 is 18.5 Å². The number of aryl methyl sites for hydroxylation is 1. The molecular weight excluding hydrogens is 266 g/mol. The molecule has 1 aliphatic rings. The van der Waals surface area contributed by atoms with Crippen LogP contribution in [0.4, 0.5) is 4.79 Å². The lowest BCUT2D eigenvalue weighted by Gasteiger charge is -2.38. The van der Waals surface area contributed by atoms with Gasteiger partial charge in [0, 0.05) is 5.41 Å². The number of alkyl carbamates (subject to hydrolysis) is 1. The SMILES string of the molecule is COc1ccc([C@@H]2NC(=O)OCC2(C)C)cc1C.Cl. The van der Waals surface area contributed by atoms with E-state index in [0.717, 1.165) is 16.9 Å². The average Bonchev–Trinajstić information content (AvgIpc) is 2.32. The molecule has 106 valence electrons. The van der Waals surface area contributed by atoms with Crippen LogP contribution in [-0.4, -0.2) is 19.8 Å². The molecule has 2 rings (SSSR count). The number of hydrogen-bond acceptors (Lipinski definition) is 3. The first-order chi connectivity index (χ1) is 8.44. The highest BCUT2D eigenvalue weighted by Gasteiger charge is 2.37. The second-order valence-corrected chi connectivity index (χ2v) is 5.37. The molecule has 1 fully saturated rings. The van der Waals surface area contributed by atoms with E-state index in [1.807, 2.05) is 19.1 Å². The van der Waals surface area contributed by atoms with Gasteiger partial charge in [-0.1, -0.05) is 26.0 Å². The fourth-order valence-electron chi connectivity index (χ4n) is 2.31. The van der Waals surface area contributed by atoms with Gasteiger partial charge in [0.25, 0.3) is 0 Å². The Bertz CT molecular complexity index is 474. The molecule has 1 aromatic rings. The number of nitrogens with one attached hydrogen (secondary N) is 1. The quantitative estimate of drug-likeness (QED) is 0.907. The third-order valence-corrected chi connectivity index (χ3v) is 3.37. The molecule has 0 aliphatic carbocycles. The smallest absolute Gasteiger partial charge is 0.407 e. The molecule has 1 atom stereocenters. The molecule has 4 nitrogen and oxygen atoms in total. The summed E-state index contributed by atoms with van der Waals surface area (Å²) < 4.78 is 10.3. The largest absolute Gasteiger partial charge is 0.496 e. The van der Waals surface area contributed by atoms with Gasteiger partial charge in [-0.2, -0.15) is 0 Å². The van der Waals surface area contributed by atoms with E-state index in [1.54, 1.807) is 7.11 Å². The lowest BCUT2D eigenvalue weighted by Crippen LogP contribution is -2.46. The van der Waals surface area contributed by atoms with Crippen molar-refractivity contribution in [2.24, 2.45) is 5.41 Å². The molecule has 0 spiro atoms. The number of cyclic esters (lactones) is 1. The number of methoxy groups -OCH3 is 1. The van der Waals surface area contributed by atoms with Crippen molar-refractivity contribution in [1.29, 1.82) is 0 Å². The van der Waals surface area contributed by atoms with Crippen LogP contribution in [-0.2, 0) is 4.74 Å². The maximum Gasteiger partial charge on any atom is 0.407 e. The van der Waals surface area contributed by atoms with Crippen LogP contribution in [0.1, 0.15) is 31.0 Å². The monoisotopic (exact) mass is 285 g/mol. The molecule has 1 amide bonds. The van der Waals surface area contributed by atoms with Crippen molar-refractivity contribution in [2.45, 2.75) is 26.8 Å². The zero-order chi connectivity index (χ0) is 13.3. The molecule has 1 aromatic carbocycles. The first-order valence-corrected chi connectivity index (χ1v) is 6.02. The Morgan fingerprint density at radius 3 is 2.68 bits per heavy atom. The molecule has 19 heavy (non-hydrogen) atoms. The Kier molecular flexibility index (Phi) is 4.69. The summed E-state index contributed by atoms with van der Waals surface area (Å²) in [4.78, 5) is 11.4. The van der Waals surface area contributed by atoms with Crippen LogP contribution in [0.15, 0.2) is 18.2 Å². The predicted octanol–water partition coefficient (Wildman–Crippen LogP) is 3.23. The molecule has 0 unspecified atom stereocenters. The highest BCUT2D eigenvalue weighted by atomic mass is 35.5.